The van der Waals surface area contributed by atoms with Crippen molar-refractivity contribution in [2.75, 3.05) is 13.1 Å². The summed E-state index contributed by atoms with van der Waals surface area (Å²) in [5, 5.41) is -0.316. The molecule has 1 atom stereocenters. The molecule has 0 saturated carbocycles. The Balaban J connectivity index is 2.21. The van der Waals surface area contributed by atoms with E-state index >= 15 is 0 Å². The minimum absolute atomic E-state index is 0.0241. The van der Waals surface area contributed by atoms with Gasteiger partial charge in [-0.3, -0.25) is 4.79 Å². The normalized spacial score (nSPS) is 20.0. The Morgan fingerprint density at radius 1 is 1.50 bits per heavy atom. The number of aromatic nitrogens is 1. The molecule has 1 aromatic rings. The first-order chi connectivity index (χ1) is 9.37. The average molecular weight is 305 g/mol. The van der Waals surface area contributed by atoms with Gasteiger partial charge in [-0.05, 0) is 25.0 Å². The van der Waals surface area contributed by atoms with Gasteiger partial charge in [-0.1, -0.05) is 0 Å². The van der Waals surface area contributed by atoms with Gasteiger partial charge < -0.3 is 10.6 Å². The summed E-state index contributed by atoms with van der Waals surface area (Å²) in [5.41, 5.74) is 1.29. The monoisotopic (exact) mass is 305 g/mol. The number of carbonyl (C=O) groups is 1. The van der Waals surface area contributed by atoms with Crippen molar-refractivity contribution >= 4 is 17.7 Å². The minimum Gasteiger partial charge on any atom is -0.337 e. The first-order valence-corrected chi connectivity index (χ1v) is 6.94. The molecule has 8 heteroatoms. The lowest BCUT2D eigenvalue weighted by Crippen LogP contribution is -2.45. The molecule has 20 heavy (non-hydrogen) atoms. The van der Waals surface area contributed by atoms with Crippen LogP contribution in [0.5, 0.6) is 0 Å². The molecule has 2 N–H and O–H groups in total. The van der Waals surface area contributed by atoms with Crippen LogP contribution >= 0.6 is 11.8 Å². The van der Waals surface area contributed by atoms with Crippen LogP contribution in [0, 0.1) is 0 Å². The highest BCUT2D eigenvalue weighted by Crippen LogP contribution is 2.37. The second kappa shape index (κ2) is 6.01. The maximum atomic E-state index is 12.5. The summed E-state index contributed by atoms with van der Waals surface area (Å²) in [5.74, 6) is -0.444. The molecule has 1 unspecified atom stereocenters. The first kappa shape index (κ1) is 15.1. The summed E-state index contributed by atoms with van der Waals surface area (Å²) >= 11 is -0.369. The van der Waals surface area contributed by atoms with E-state index < -0.39 is 11.4 Å². The molecule has 1 saturated heterocycles. The van der Waals surface area contributed by atoms with E-state index in [1.165, 1.54) is 23.2 Å². The van der Waals surface area contributed by atoms with E-state index in [9.17, 15) is 18.0 Å². The Bertz CT molecular complexity index is 495. The van der Waals surface area contributed by atoms with Gasteiger partial charge in [0.05, 0.1) is 5.56 Å². The number of hydrogen-bond donors (Lipinski definition) is 1. The van der Waals surface area contributed by atoms with E-state index in [4.69, 9.17) is 5.73 Å². The van der Waals surface area contributed by atoms with Crippen molar-refractivity contribution in [1.29, 1.82) is 0 Å². The Hall–Kier alpha value is -1.28. The molecule has 1 amide bonds. The molecular weight excluding hydrogens is 291 g/mol. The fraction of sp³-hybridized carbons (Fsp3) is 0.500. The Morgan fingerprint density at radius 2 is 2.25 bits per heavy atom. The number of thioether (sulfide) groups is 1. The van der Waals surface area contributed by atoms with E-state index in [0.717, 1.165) is 12.8 Å². The third-order valence-electron chi connectivity index (χ3n) is 2.96. The van der Waals surface area contributed by atoms with Gasteiger partial charge in [0.15, 0.2) is 0 Å². The summed E-state index contributed by atoms with van der Waals surface area (Å²) in [4.78, 5) is 17.5. The third-order valence-corrected chi connectivity index (χ3v) is 3.71. The number of rotatable bonds is 2. The predicted octanol–water partition coefficient (Wildman–Crippen LogP) is 2.26. The van der Waals surface area contributed by atoms with E-state index in [1.807, 2.05) is 0 Å². The minimum atomic E-state index is -4.47. The van der Waals surface area contributed by atoms with Crippen LogP contribution in [0.25, 0.3) is 0 Å². The van der Waals surface area contributed by atoms with Crippen molar-refractivity contribution in [3.05, 3.63) is 23.9 Å². The van der Waals surface area contributed by atoms with Gasteiger partial charge in [-0.2, -0.15) is 13.2 Å². The second-order valence-electron chi connectivity index (χ2n) is 4.56. The molecule has 2 heterocycles. The maximum Gasteiger partial charge on any atom is 0.447 e. The molecule has 2 rings (SSSR count). The van der Waals surface area contributed by atoms with Gasteiger partial charge in [-0.15, -0.1) is 0 Å². The molecule has 1 aromatic heterocycles. The number of nitrogens with two attached hydrogens (primary N) is 1. The second-order valence-corrected chi connectivity index (χ2v) is 5.61. The van der Waals surface area contributed by atoms with Crippen molar-refractivity contribution < 1.29 is 18.0 Å². The number of carbonyl (C=O) groups excluding carboxylic acids is 1. The van der Waals surface area contributed by atoms with Crippen molar-refractivity contribution in [3.63, 3.8) is 0 Å². The standard InChI is InChI=1S/C12H14F3N3OS/c13-12(14,15)20-10-9(4-1-5-17-10)11(19)18-6-2-3-8(16)7-18/h1,4-5,8H,2-3,6-7,16H2. The van der Waals surface area contributed by atoms with Crippen LogP contribution in [0.1, 0.15) is 23.2 Å². The smallest absolute Gasteiger partial charge is 0.337 e. The van der Waals surface area contributed by atoms with Gasteiger partial charge in [0.2, 0.25) is 0 Å². The molecule has 0 aliphatic carbocycles. The summed E-state index contributed by atoms with van der Waals surface area (Å²) in [6.45, 7) is 0.876. The highest BCUT2D eigenvalue weighted by molar-refractivity contribution is 8.00. The number of halogens is 3. The molecule has 0 bridgehead atoms. The molecule has 4 nitrogen and oxygen atoms in total. The number of nitrogens with zero attached hydrogens (tertiary/aromatic N) is 2. The van der Waals surface area contributed by atoms with Gasteiger partial charge in [0.1, 0.15) is 5.03 Å². The quantitative estimate of drug-likeness (QED) is 0.852. The lowest BCUT2D eigenvalue weighted by atomic mass is 10.1. The van der Waals surface area contributed by atoms with Crippen LogP contribution in [0.3, 0.4) is 0 Å². The van der Waals surface area contributed by atoms with Crippen molar-refractivity contribution in [1.82, 2.24) is 9.88 Å². The predicted molar refractivity (Wildman–Crippen MR) is 69.3 cm³/mol. The number of alkyl halides is 3. The van der Waals surface area contributed by atoms with E-state index in [-0.39, 0.29) is 28.4 Å². The fourth-order valence-electron chi connectivity index (χ4n) is 2.11. The molecular formula is C12H14F3N3OS. The van der Waals surface area contributed by atoms with Crippen molar-refractivity contribution in [2.45, 2.75) is 29.4 Å². The average Bonchev–Trinajstić information content (AvgIpc) is 2.37. The molecule has 1 fully saturated rings. The number of likely N-dealkylation sites (tertiary alicyclic amines) is 1. The third kappa shape index (κ3) is 3.86. The Labute approximate surface area is 118 Å². The molecule has 0 spiro atoms. The van der Waals surface area contributed by atoms with Crippen LogP contribution < -0.4 is 5.73 Å². The zero-order chi connectivity index (χ0) is 14.8. The van der Waals surface area contributed by atoms with Gasteiger partial charge in [-0.25, -0.2) is 4.98 Å². The van der Waals surface area contributed by atoms with Gasteiger partial charge in [0, 0.05) is 37.1 Å². The Kier molecular flexibility index (Phi) is 4.54. The fourth-order valence-corrected chi connectivity index (χ4v) is 2.71. The first-order valence-electron chi connectivity index (χ1n) is 6.12. The van der Waals surface area contributed by atoms with Crippen LogP contribution in [0.2, 0.25) is 0 Å². The summed E-state index contributed by atoms with van der Waals surface area (Å²) in [7, 11) is 0. The van der Waals surface area contributed by atoms with Gasteiger partial charge in [0.25, 0.3) is 5.91 Å². The lowest BCUT2D eigenvalue weighted by molar-refractivity contribution is -0.0329. The summed E-state index contributed by atoms with van der Waals surface area (Å²) in [6.07, 6.45) is 2.82. The molecule has 1 aliphatic heterocycles. The number of amides is 1. The molecule has 0 radical (unpaired) electrons. The molecule has 110 valence electrons. The van der Waals surface area contributed by atoms with E-state index in [2.05, 4.69) is 4.98 Å². The zero-order valence-corrected chi connectivity index (χ0v) is 11.4. The molecule has 0 aromatic carbocycles. The lowest BCUT2D eigenvalue weighted by Gasteiger charge is -2.31. The molecule has 1 aliphatic rings. The van der Waals surface area contributed by atoms with Gasteiger partial charge >= 0.3 is 5.51 Å². The van der Waals surface area contributed by atoms with E-state index in [0.29, 0.717) is 13.1 Å². The van der Waals surface area contributed by atoms with Crippen LogP contribution in [0.4, 0.5) is 13.2 Å². The largest absolute Gasteiger partial charge is 0.447 e. The highest BCUT2D eigenvalue weighted by atomic mass is 32.2. The maximum absolute atomic E-state index is 12.5. The topological polar surface area (TPSA) is 59.2 Å². The number of pyridine rings is 1. The Morgan fingerprint density at radius 3 is 2.90 bits per heavy atom. The summed E-state index contributed by atoms with van der Waals surface area (Å²) in [6, 6.07) is 2.70. The zero-order valence-electron chi connectivity index (χ0n) is 10.6. The van der Waals surface area contributed by atoms with Crippen molar-refractivity contribution in [2.24, 2.45) is 5.73 Å². The highest BCUT2D eigenvalue weighted by Gasteiger charge is 2.33. The van der Waals surface area contributed by atoms with Crippen molar-refractivity contribution in [3.8, 4) is 0 Å². The number of hydrogen-bond acceptors (Lipinski definition) is 4. The SMILES string of the molecule is NC1CCCN(C(=O)c2cccnc2SC(F)(F)F)C1. The van der Waals surface area contributed by atoms with Crippen LogP contribution in [-0.4, -0.2) is 40.4 Å². The van der Waals surface area contributed by atoms with Crippen LogP contribution in [-0.2, 0) is 0 Å². The summed E-state index contributed by atoms with van der Waals surface area (Å²) < 4.78 is 37.4. The number of piperidine rings is 1. The van der Waals surface area contributed by atoms with E-state index in [1.54, 1.807) is 0 Å². The van der Waals surface area contributed by atoms with Crippen LogP contribution in [0.15, 0.2) is 23.4 Å².